The largest absolute Gasteiger partial charge is 0.370 e. The summed E-state index contributed by atoms with van der Waals surface area (Å²) in [5.41, 5.74) is 7.56. The summed E-state index contributed by atoms with van der Waals surface area (Å²) in [5.74, 6) is 2.44. The quantitative estimate of drug-likeness (QED) is 0.401. The van der Waals surface area contributed by atoms with E-state index in [0.717, 1.165) is 44.2 Å². The van der Waals surface area contributed by atoms with Crippen LogP contribution in [0.25, 0.3) is 0 Å². The molecule has 26 heavy (non-hydrogen) atoms. The summed E-state index contributed by atoms with van der Waals surface area (Å²) in [6.07, 6.45) is 8.46. The topological polar surface area (TPSA) is 59.4 Å². The molecule has 0 unspecified atom stereocenters. The van der Waals surface area contributed by atoms with Crippen LogP contribution < -0.4 is 5.73 Å². The molecular formula is C20H30IN5. The smallest absolute Gasteiger partial charge is 0.191 e. The van der Waals surface area contributed by atoms with Gasteiger partial charge in [0, 0.05) is 32.0 Å². The minimum absolute atomic E-state index is 0. The van der Waals surface area contributed by atoms with Crippen LogP contribution in [0.5, 0.6) is 0 Å². The van der Waals surface area contributed by atoms with Crippen molar-refractivity contribution in [1.29, 1.82) is 0 Å². The van der Waals surface area contributed by atoms with Gasteiger partial charge in [-0.25, -0.2) is 9.98 Å². The number of nitrogens with zero attached hydrogens (tertiary/aromatic N) is 4. The molecule has 1 saturated heterocycles. The number of hydrogen-bond donors (Lipinski definition) is 1. The lowest BCUT2D eigenvalue weighted by atomic mass is 10.00. The Labute approximate surface area is 173 Å². The molecule has 1 aromatic carbocycles. The van der Waals surface area contributed by atoms with Crippen molar-refractivity contribution in [1.82, 2.24) is 14.5 Å². The summed E-state index contributed by atoms with van der Waals surface area (Å²) >= 11 is 0. The van der Waals surface area contributed by atoms with Crippen LogP contribution in [-0.4, -0.2) is 33.5 Å². The Morgan fingerprint density at radius 1 is 1.23 bits per heavy atom. The number of guanidine groups is 1. The number of halogens is 1. The lowest BCUT2D eigenvalue weighted by molar-refractivity contribution is 0.277. The highest BCUT2D eigenvalue weighted by Crippen LogP contribution is 2.15. The SMILES string of the molecule is CC1CCN(C(N)=NCc2nccn2CCCc2ccccc2)CC1.I. The van der Waals surface area contributed by atoms with Crippen molar-refractivity contribution in [2.75, 3.05) is 13.1 Å². The third-order valence-corrected chi connectivity index (χ3v) is 5.00. The maximum atomic E-state index is 6.18. The molecule has 142 valence electrons. The molecule has 0 atom stereocenters. The molecule has 5 nitrogen and oxygen atoms in total. The molecule has 0 radical (unpaired) electrons. The van der Waals surface area contributed by atoms with E-state index in [0.29, 0.717) is 12.5 Å². The molecule has 3 rings (SSSR count). The number of aryl methyl sites for hydroxylation is 2. The fourth-order valence-electron chi connectivity index (χ4n) is 3.28. The van der Waals surface area contributed by atoms with E-state index in [-0.39, 0.29) is 24.0 Å². The monoisotopic (exact) mass is 467 g/mol. The standard InChI is InChI=1S/C20H29N5.HI/c1-17-9-13-25(14-10-17)20(21)23-16-19-22-11-15-24(19)12-5-8-18-6-3-2-4-7-18;/h2-4,6-7,11,15,17H,5,8-10,12-14,16H2,1H3,(H2,21,23);1H. The first-order chi connectivity index (χ1) is 12.2. The lowest BCUT2D eigenvalue weighted by Gasteiger charge is -2.31. The summed E-state index contributed by atoms with van der Waals surface area (Å²) in [7, 11) is 0. The molecule has 0 aliphatic carbocycles. The van der Waals surface area contributed by atoms with Crippen molar-refractivity contribution in [3.05, 3.63) is 54.1 Å². The zero-order chi connectivity index (χ0) is 17.5. The minimum atomic E-state index is 0. The number of nitrogens with two attached hydrogens (primary N) is 1. The normalized spacial score (nSPS) is 15.7. The maximum Gasteiger partial charge on any atom is 0.191 e. The Balaban J connectivity index is 0.00000243. The Kier molecular flexibility index (Phi) is 8.41. The molecule has 0 spiro atoms. The van der Waals surface area contributed by atoms with Crippen molar-refractivity contribution in [3.63, 3.8) is 0 Å². The number of piperidine rings is 1. The predicted molar refractivity (Wildman–Crippen MR) is 118 cm³/mol. The molecule has 2 aromatic rings. The van der Waals surface area contributed by atoms with Gasteiger partial charge in [-0.1, -0.05) is 37.3 Å². The van der Waals surface area contributed by atoms with E-state index in [9.17, 15) is 0 Å². The van der Waals surface area contributed by atoms with E-state index < -0.39 is 0 Å². The van der Waals surface area contributed by atoms with Crippen LogP contribution >= 0.6 is 24.0 Å². The third-order valence-electron chi connectivity index (χ3n) is 5.00. The summed E-state index contributed by atoms with van der Waals surface area (Å²) in [6.45, 7) is 5.85. The molecule has 1 aliphatic heterocycles. The average Bonchev–Trinajstić information content (AvgIpc) is 3.08. The summed E-state index contributed by atoms with van der Waals surface area (Å²) in [4.78, 5) is 11.2. The van der Waals surface area contributed by atoms with Gasteiger partial charge in [0.15, 0.2) is 5.96 Å². The number of aliphatic imine (C=N–C) groups is 1. The van der Waals surface area contributed by atoms with Gasteiger partial charge in [0.05, 0.1) is 0 Å². The first kappa shape index (κ1) is 20.7. The molecule has 2 heterocycles. The second-order valence-corrected chi connectivity index (χ2v) is 6.97. The number of rotatable bonds is 6. The van der Waals surface area contributed by atoms with E-state index in [1.165, 1.54) is 18.4 Å². The summed E-state index contributed by atoms with van der Waals surface area (Å²) < 4.78 is 2.19. The Bertz CT molecular complexity index is 675. The van der Waals surface area contributed by atoms with Crippen LogP contribution in [-0.2, 0) is 19.5 Å². The van der Waals surface area contributed by atoms with E-state index in [1.54, 1.807) is 0 Å². The van der Waals surface area contributed by atoms with Gasteiger partial charge < -0.3 is 15.2 Å². The van der Waals surface area contributed by atoms with Crippen LogP contribution in [0.1, 0.15) is 37.6 Å². The molecule has 1 aliphatic rings. The third kappa shape index (κ3) is 6.00. The van der Waals surface area contributed by atoms with Gasteiger partial charge in [0.2, 0.25) is 0 Å². The molecule has 0 saturated carbocycles. The van der Waals surface area contributed by atoms with Crippen LogP contribution in [0.3, 0.4) is 0 Å². The summed E-state index contributed by atoms with van der Waals surface area (Å²) in [6, 6.07) is 10.6. The molecule has 0 amide bonds. The van der Waals surface area contributed by atoms with Gasteiger partial charge in [-0.05, 0) is 37.2 Å². The number of likely N-dealkylation sites (tertiary alicyclic amines) is 1. The van der Waals surface area contributed by atoms with Gasteiger partial charge in [-0.15, -0.1) is 24.0 Å². The Hall–Kier alpha value is -1.57. The highest BCUT2D eigenvalue weighted by atomic mass is 127. The molecule has 6 heteroatoms. The number of hydrogen-bond acceptors (Lipinski definition) is 2. The second-order valence-electron chi connectivity index (χ2n) is 6.97. The summed E-state index contributed by atoms with van der Waals surface area (Å²) in [5, 5.41) is 0. The van der Waals surface area contributed by atoms with Crippen molar-refractivity contribution in [3.8, 4) is 0 Å². The molecule has 1 aromatic heterocycles. The van der Waals surface area contributed by atoms with Gasteiger partial charge in [0.1, 0.15) is 12.4 Å². The van der Waals surface area contributed by atoms with Gasteiger partial charge in [-0.3, -0.25) is 0 Å². The van der Waals surface area contributed by atoms with Gasteiger partial charge in [0.25, 0.3) is 0 Å². The van der Waals surface area contributed by atoms with Crippen LogP contribution in [0, 0.1) is 5.92 Å². The first-order valence-electron chi connectivity index (χ1n) is 9.31. The van der Waals surface area contributed by atoms with Crippen molar-refractivity contribution in [2.45, 2.75) is 45.7 Å². The van der Waals surface area contributed by atoms with E-state index in [2.05, 4.69) is 56.7 Å². The number of benzene rings is 1. The lowest BCUT2D eigenvalue weighted by Crippen LogP contribution is -2.42. The second kappa shape index (κ2) is 10.5. The molecule has 2 N–H and O–H groups in total. The fraction of sp³-hybridized carbons (Fsp3) is 0.500. The molecule has 0 bridgehead atoms. The van der Waals surface area contributed by atoms with Crippen molar-refractivity contribution < 1.29 is 0 Å². The number of imidazole rings is 1. The number of aromatic nitrogens is 2. The Morgan fingerprint density at radius 3 is 2.69 bits per heavy atom. The van der Waals surface area contributed by atoms with Crippen molar-refractivity contribution >= 4 is 29.9 Å². The van der Waals surface area contributed by atoms with Crippen molar-refractivity contribution in [2.24, 2.45) is 16.6 Å². The fourth-order valence-corrected chi connectivity index (χ4v) is 3.28. The van der Waals surface area contributed by atoms with Crippen LogP contribution in [0.15, 0.2) is 47.7 Å². The van der Waals surface area contributed by atoms with Gasteiger partial charge >= 0.3 is 0 Å². The van der Waals surface area contributed by atoms with Crippen LogP contribution in [0.4, 0.5) is 0 Å². The maximum absolute atomic E-state index is 6.18. The van der Waals surface area contributed by atoms with Gasteiger partial charge in [-0.2, -0.15) is 0 Å². The molecule has 1 fully saturated rings. The minimum Gasteiger partial charge on any atom is -0.370 e. The predicted octanol–water partition coefficient (Wildman–Crippen LogP) is 3.68. The Morgan fingerprint density at radius 2 is 1.96 bits per heavy atom. The highest BCUT2D eigenvalue weighted by Gasteiger charge is 2.17. The average molecular weight is 467 g/mol. The zero-order valence-corrected chi connectivity index (χ0v) is 17.9. The van der Waals surface area contributed by atoms with Crippen LogP contribution in [0.2, 0.25) is 0 Å². The zero-order valence-electron chi connectivity index (χ0n) is 15.6. The van der Waals surface area contributed by atoms with E-state index >= 15 is 0 Å². The van der Waals surface area contributed by atoms with E-state index in [4.69, 9.17) is 5.73 Å². The highest BCUT2D eigenvalue weighted by molar-refractivity contribution is 14.0. The molecular weight excluding hydrogens is 437 g/mol. The van der Waals surface area contributed by atoms with E-state index in [1.807, 2.05) is 12.4 Å². The first-order valence-corrected chi connectivity index (χ1v) is 9.31.